The molecule has 0 saturated heterocycles. The van der Waals surface area contributed by atoms with Gasteiger partial charge < -0.3 is 15.8 Å². The van der Waals surface area contributed by atoms with Gasteiger partial charge in [-0.25, -0.2) is 0 Å². The Balaban J connectivity index is 2.05. The second-order valence-corrected chi connectivity index (χ2v) is 4.57. The molecular formula is C13H20N2O. The number of anilines is 2. The van der Waals surface area contributed by atoms with Gasteiger partial charge in [-0.15, -0.1) is 0 Å². The van der Waals surface area contributed by atoms with Crippen LogP contribution in [0, 0.1) is 5.92 Å². The maximum Gasteiger partial charge on any atom is 0.144 e. The molecule has 3 N–H and O–H groups in total. The first kappa shape index (κ1) is 11.1. The predicted molar refractivity (Wildman–Crippen MR) is 67.8 cm³/mol. The lowest BCUT2D eigenvalue weighted by Gasteiger charge is -2.34. The van der Waals surface area contributed by atoms with Crippen LogP contribution in [0.25, 0.3) is 0 Å². The van der Waals surface area contributed by atoms with Crippen LogP contribution in [0.3, 0.4) is 0 Å². The van der Waals surface area contributed by atoms with Gasteiger partial charge in [0.15, 0.2) is 0 Å². The van der Waals surface area contributed by atoms with Crippen LogP contribution in [-0.4, -0.2) is 12.6 Å². The number of nitrogens with one attached hydrogen (secondary N) is 1. The molecule has 0 aromatic heterocycles. The molecule has 0 unspecified atom stereocenters. The molecule has 0 radical (unpaired) electrons. The summed E-state index contributed by atoms with van der Waals surface area (Å²) >= 11 is 0. The molecule has 0 aliphatic heterocycles. The van der Waals surface area contributed by atoms with Crippen molar-refractivity contribution in [3.05, 3.63) is 18.2 Å². The van der Waals surface area contributed by atoms with Crippen LogP contribution < -0.4 is 15.8 Å². The monoisotopic (exact) mass is 220 g/mol. The summed E-state index contributed by atoms with van der Waals surface area (Å²) in [6.07, 6.45) is 2.47. The topological polar surface area (TPSA) is 47.3 Å². The van der Waals surface area contributed by atoms with E-state index in [1.165, 1.54) is 12.8 Å². The van der Waals surface area contributed by atoms with Gasteiger partial charge in [0.05, 0.1) is 18.0 Å². The Labute approximate surface area is 97.0 Å². The first-order chi connectivity index (χ1) is 7.70. The van der Waals surface area contributed by atoms with Crippen LogP contribution in [0.2, 0.25) is 0 Å². The molecule has 0 amide bonds. The lowest BCUT2D eigenvalue weighted by molar-refractivity contribution is 0.309. The Bertz CT molecular complexity index is 359. The van der Waals surface area contributed by atoms with Gasteiger partial charge in [-0.05, 0) is 37.8 Å². The van der Waals surface area contributed by atoms with Crippen molar-refractivity contribution in [3.63, 3.8) is 0 Å². The first-order valence-electron chi connectivity index (χ1n) is 5.98. The molecule has 1 saturated carbocycles. The first-order valence-corrected chi connectivity index (χ1v) is 5.98. The minimum Gasteiger partial charge on any atom is -0.492 e. The third-order valence-electron chi connectivity index (χ3n) is 3.10. The molecule has 1 aromatic rings. The molecule has 3 heteroatoms. The van der Waals surface area contributed by atoms with Crippen molar-refractivity contribution in [2.45, 2.75) is 32.7 Å². The normalized spacial score (nSPS) is 23.6. The van der Waals surface area contributed by atoms with E-state index >= 15 is 0 Å². The van der Waals surface area contributed by atoms with Gasteiger partial charge in [-0.2, -0.15) is 0 Å². The van der Waals surface area contributed by atoms with Crippen molar-refractivity contribution in [1.82, 2.24) is 0 Å². The van der Waals surface area contributed by atoms with E-state index in [1.54, 1.807) is 0 Å². The predicted octanol–water partition coefficient (Wildman–Crippen LogP) is 2.88. The van der Waals surface area contributed by atoms with Gasteiger partial charge in [0.1, 0.15) is 5.75 Å². The average molecular weight is 220 g/mol. The number of nitrogens with two attached hydrogens (primary N) is 1. The number of benzene rings is 1. The third-order valence-corrected chi connectivity index (χ3v) is 3.10. The molecule has 16 heavy (non-hydrogen) atoms. The highest BCUT2D eigenvalue weighted by atomic mass is 16.5. The highest BCUT2D eigenvalue weighted by Crippen LogP contribution is 2.34. The van der Waals surface area contributed by atoms with Crippen molar-refractivity contribution in [2.75, 3.05) is 17.7 Å². The van der Waals surface area contributed by atoms with Crippen LogP contribution >= 0.6 is 0 Å². The van der Waals surface area contributed by atoms with Gasteiger partial charge in [0, 0.05) is 6.04 Å². The molecular weight excluding hydrogens is 200 g/mol. The zero-order chi connectivity index (χ0) is 11.5. The van der Waals surface area contributed by atoms with E-state index in [1.807, 2.05) is 25.1 Å². The van der Waals surface area contributed by atoms with Crippen molar-refractivity contribution in [3.8, 4) is 5.75 Å². The fraction of sp³-hybridized carbons (Fsp3) is 0.538. The molecule has 1 aromatic carbocycles. The van der Waals surface area contributed by atoms with E-state index in [9.17, 15) is 0 Å². The van der Waals surface area contributed by atoms with E-state index < -0.39 is 0 Å². The molecule has 88 valence electrons. The summed E-state index contributed by atoms with van der Waals surface area (Å²) < 4.78 is 5.47. The molecule has 3 nitrogen and oxygen atoms in total. The van der Waals surface area contributed by atoms with E-state index in [-0.39, 0.29) is 0 Å². The molecule has 1 fully saturated rings. The third kappa shape index (κ3) is 2.23. The lowest BCUT2D eigenvalue weighted by Crippen LogP contribution is -2.34. The SMILES string of the molecule is CCOc1cccc(NC2CC(C)C2)c1N. The summed E-state index contributed by atoms with van der Waals surface area (Å²) in [4.78, 5) is 0. The fourth-order valence-corrected chi connectivity index (χ4v) is 2.19. The van der Waals surface area contributed by atoms with E-state index in [0.717, 1.165) is 23.0 Å². The summed E-state index contributed by atoms with van der Waals surface area (Å²) in [6, 6.07) is 6.48. The fourth-order valence-electron chi connectivity index (χ4n) is 2.19. The van der Waals surface area contributed by atoms with E-state index in [2.05, 4.69) is 12.2 Å². The number of nitrogen functional groups attached to an aromatic ring is 1. The number of rotatable bonds is 4. The van der Waals surface area contributed by atoms with Gasteiger partial charge in [-0.1, -0.05) is 13.0 Å². The van der Waals surface area contributed by atoms with Crippen molar-refractivity contribution in [2.24, 2.45) is 5.92 Å². The maximum absolute atomic E-state index is 6.04. The van der Waals surface area contributed by atoms with Gasteiger partial charge in [0.25, 0.3) is 0 Å². The van der Waals surface area contributed by atoms with Crippen LogP contribution in [-0.2, 0) is 0 Å². The highest BCUT2D eigenvalue weighted by molar-refractivity contribution is 5.73. The van der Waals surface area contributed by atoms with Crippen molar-refractivity contribution in [1.29, 1.82) is 0 Å². The standard InChI is InChI=1S/C13H20N2O/c1-3-16-12-6-4-5-11(13(12)14)15-10-7-9(2)8-10/h4-6,9-10,15H,3,7-8,14H2,1-2H3. The smallest absolute Gasteiger partial charge is 0.144 e. The summed E-state index contributed by atoms with van der Waals surface area (Å²) in [5.74, 6) is 1.62. The summed E-state index contributed by atoms with van der Waals surface area (Å²) in [5.41, 5.74) is 7.77. The van der Waals surface area contributed by atoms with Gasteiger partial charge >= 0.3 is 0 Å². The second-order valence-electron chi connectivity index (χ2n) is 4.57. The number of hydrogen-bond donors (Lipinski definition) is 2. The van der Waals surface area contributed by atoms with E-state index in [0.29, 0.717) is 12.6 Å². The minimum atomic E-state index is 0.578. The molecule has 0 spiro atoms. The molecule has 0 heterocycles. The van der Waals surface area contributed by atoms with Crippen molar-refractivity contribution >= 4 is 11.4 Å². The lowest BCUT2D eigenvalue weighted by atomic mass is 9.82. The minimum absolute atomic E-state index is 0.578. The Morgan fingerprint density at radius 1 is 1.44 bits per heavy atom. The molecule has 2 rings (SSSR count). The second kappa shape index (κ2) is 4.64. The molecule has 0 atom stereocenters. The summed E-state index contributed by atoms with van der Waals surface area (Å²) in [6.45, 7) is 4.89. The number of para-hydroxylation sites is 1. The van der Waals surface area contributed by atoms with Gasteiger partial charge in [-0.3, -0.25) is 0 Å². The molecule has 0 bridgehead atoms. The Morgan fingerprint density at radius 2 is 2.19 bits per heavy atom. The largest absolute Gasteiger partial charge is 0.492 e. The van der Waals surface area contributed by atoms with Crippen molar-refractivity contribution < 1.29 is 4.74 Å². The number of ether oxygens (including phenoxy) is 1. The van der Waals surface area contributed by atoms with Crippen LogP contribution in [0.15, 0.2) is 18.2 Å². The zero-order valence-electron chi connectivity index (χ0n) is 9.99. The highest BCUT2D eigenvalue weighted by Gasteiger charge is 2.25. The zero-order valence-corrected chi connectivity index (χ0v) is 9.99. The summed E-state index contributed by atoms with van der Waals surface area (Å²) in [7, 11) is 0. The van der Waals surface area contributed by atoms with Gasteiger partial charge in [0.2, 0.25) is 0 Å². The van der Waals surface area contributed by atoms with Crippen LogP contribution in [0.1, 0.15) is 26.7 Å². The number of hydrogen-bond acceptors (Lipinski definition) is 3. The van der Waals surface area contributed by atoms with Crippen LogP contribution in [0.4, 0.5) is 11.4 Å². The Morgan fingerprint density at radius 3 is 2.81 bits per heavy atom. The molecule has 1 aliphatic rings. The van der Waals surface area contributed by atoms with E-state index in [4.69, 9.17) is 10.5 Å². The Hall–Kier alpha value is -1.38. The average Bonchev–Trinajstić information content (AvgIpc) is 2.22. The molecule has 1 aliphatic carbocycles. The summed E-state index contributed by atoms with van der Waals surface area (Å²) in [5, 5.41) is 3.47. The van der Waals surface area contributed by atoms with Crippen LogP contribution in [0.5, 0.6) is 5.75 Å². The Kier molecular flexibility index (Phi) is 3.22. The quantitative estimate of drug-likeness (QED) is 0.767. The maximum atomic E-state index is 6.04.